The van der Waals surface area contributed by atoms with Crippen molar-refractivity contribution < 1.29 is 18.7 Å². The molecule has 2 amide bonds. The summed E-state index contributed by atoms with van der Waals surface area (Å²) in [5.74, 6) is -0.855. The topological polar surface area (TPSA) is 67.4 Å². The zero-order valence-corrected chi connectivity index (χ0v) is 13.6. The number of anilines is 2. The smallest absolute Gasteiger partial charge is 0.250 e. The van der Waals surface area contributed by atoms with Gasteiger partial charge in [0.05, 0.1) is 6.42 Å². The molecule has 0 atom stereocenters. The molecule has 5 nitrogen and oxygen atoms in total. The van der Waals surface area contributed by atoms with Crippen molar-refractivity contribution in [1.82, 2.24) is 0 Å². The molecule has 2 rings (SSSR count). The van der Waals surface area contributed by atoms with Gasteiger partial charge in [0.2, 0.25) is 11.8 Å². The Morgan fingerprint density at radius 3 is 2.54 bits per heavy atom. The number of methoxy groups -OCH3 is 1. The number of aryl methyl sites for hydroxylation is 1. The molecule has 0 spiro atoms. The highest BCUT2D eigenvalue weighted by atomic mass is 19.1. The van der Waals surface area contributed by atoms with Gasteiger partial charge in [0, 0.05) is 18.5 Å². The van der Waals surface area contributed by atoms with Crippen molar-refractivity contribution in [2.24, 2.45) is 0 Å². The molecule has 0 aliphatic carbocycles. The minimum absolute atomic E-state index is 0.0223. The molecule has 0 radical (unpaired) electrons. The number of rotatable bonds is 6. The summed E-state index contributed by atoms with van der Waals surface area (Å²) < 4.78 is 17.9. The monoisotopic (exact) mass is 330 g/mol. The second-order valence-electron chi connectivity index (χ2n) is 5.37. The fourth-order valence-corrected chi connectivity index (χ4v) is 2.24. The number of carbonyl (C=O) groups is 2. The Balaban J connectivity index is 1.98. The van der Waals surface area contributed by atoms with E-state index in [4.69, 9.17) is 4.74 Å². The minimum atomic E-state index is -0.368. The van der Waals surface area contributed by atoms with Crippen molar-refractivity contribution in [2.45, 2.75) is 13.3 Å². The molecule has 0 saturated heterocycles. The Labute approximate surface area is 139 Å². The number of carbonyl (C=O) groups excluding carboxylic acids is 2. The van der Waals surface area contributed by atoms with E-state index >= 15 is 0 Å². The third-order valence-electron chi connectivity index (χ3n) is 3.31. The van der Waals surface area contributed by atoms with E-state index in [1.165, 1.54) is 19.2 Å². The molecule has 0 bridgehead atoms. The van der Waals surface area contributed by atoms with Crippen LogP contribution in [0, 0.1) is 12.7 Å². The van der Waals surface area contributed by atoms with Gasteiger partial charge in [0.15, 0.2) is 0 Å². The van der Waals surface area contributed by atoms with Crippen LogP contribution < -0.4 is 10.6 Å². The van der Waals surface area contributed by atoms with Gasteiger partial charge in [-0.25, -0.2) is 4.39 Å². The van der Waals surface area contributed by atoms with Crippen molar-refractivity contribution in [3.63, 3.8) is 0 Å². The highest BCUT2D eigenvalue weighted by molar-refractivity contribution is 5.94. The summed E-state index contributed by atoms with van der Waals surface area (Å²) in [4.78, 5) is 23.6. The third kappa shape index (κ3) is 5.17. The van der Waals surface area contributed by atoms with Crippen molar-refractivity contribution in [1.29, 1.82) is 0 Å². The number of amides is 2. The molecule has 2 N–H and O–H groups in total. The van der Waals surface area contributed by atoms with Gasteiger partial charge in [0.1, 0.15) is 12.4 Å². The summed E-state index contributed by atoms with van der Waals surface area (Å²) in [6, 6.07) is 11.1. The minimum Gasteiger partial charge on any atom is -0.375 e. The van der Waals surface area contributed by atoms with E-state index in [-0.39, 0.29) is 30.7 Å². The Morgan fingerprint density at radius 2 is 1.88 bits per heavy atom. The maximum absolute atomic E-state index is 13.1. The lowest BCUT2D eigenvalue weighted by Gasteiger charge is -2.11. The molecule has 0 heterocycles. The summed E-state index contributed by atoms with van der Waals surface area (Å²) in [5, 5.41) is 5.48. The van der Waals surface area contributed by atoms with E-state index < -0.39 is 0 Å². The molecule has 0 aliphatic rings. The molecule has 0 unspecified atom stereocenters. The van der Waals surface area contributed by atoms with Crippen LogP contribution in [0.3, 0.4) is 0 Å². The van der Waals surface area contributed by atoms with Crippen LogP contribution >= 0.6 is 0 Å². The first-order valence-corrected chi connectivity index (χ1v) is 7.41. The maximum Gasteiger partial charge on any atom is 0.250 e. The van der Waals surface area contributed by atoms with E-state index in [1.54, 1.807) is 30.3 Å². The van der Waals surface area contributed by atoms with Gasteiger partial charge >= 0.3 is 0 Å². The second kappa shape index (κ2) is 8.21. The molecular weight excluding hydrogens is 311 g/mol. The van der Waals surface area contributed by atoms with Gasteiger partial charge in [-0.3, -0.25) is 9.59 Å². The molecule has 24 heavy (non-hydrogen) atoms. The summed E-state index contributed by atoms with van der Waals surface area (Å²) in [6.07, 6.45) is 0.0864. The molecule has 6 heteroatoms. The second-order valence-corrected chi connectivity index (χ2v) is 5.37. The van der Waals surface area contributed by atoms with Crippen LogP contribution in [0.4, 0.5) is 15.8 Å². The zero-order valence-electron chi connectivity index (χ0n) is 13.6. The first kappa shape index (κ1) is 17.6. The van der Waals surface area contributed by atoms with Crippen LogP contribution in [0.5, 0.6) is 0 Å². The number of halogens is 1. The lowest BCUT2D eigenvalue weighted by Crippen LogP contribution is -2.18. The van der Waals surface area contributed by atoms with Crippen LogP contribution in [0.15, 0.2) is 42.5 Å². The Hall–Kier alpha value is -2.73. The Kier molecular flexibility index (Phi) is 6.03. The van der Waals surface area contributed by atoms with Gasteiger partial charge in [-0.05, 0) is 48.4 Å². The maximum atomic E-state index is 13.1. The molecule has 0 aliphatic heterocycles. The van der Waals surface area contributed by atoms with Crippen molar-refractivity contribution in [3.8, 4) is 0 Å². The van der Waals surface area contributed by atoms with E-state index in [9.17, 15) is 14.0 Å². The van der Waals surface area contributed by atoms with Crippen LogP contribution in [0.25, 0.3) is 0 Å². The normalized spacial score (nSPS) is 10.3. The van der Waals surface area contributed by atoms with E-state index in [1.807, 2.05) is 6.92 Å². The fourth-order valence-electron chi connectivity index (χ4n) is 2.24. The van der Waals surface area contributed by atoms with Gasteiger partial charge in [0.25, 0.3) is 0 Å². The van der Waals surface area contributed by atoms with E-state index in [0.29, 0.717) is 16.9 Å². The molecule has 126 valence electrons. The highest BCUT2D eigenvalue weighted by Crippen LogP contribution is 2.20. The van der Waals surface area contributed by atoms with Crippen molar-refractivity contribution in [3.05, 3.63) is 59.4 Å². The number of benzene rings is 2. The molecule has 0 saturated carbocycles. The molecule has 2 aromatic rings. The third-order valence-corrected chi connectivity index (χ3v) is 3.31. The van der Waals surface area contributed by atoms with Crippen LogP contribution in [-0.4, -0.2) is 25.5 Å². The quantitative estimate of drug-likeness (QED) is 0.856. The summed E-state index contributed by atoms with van der Waals surface area (Å²) in [5.41, 5.74) is 2.68. The van der Waals surface area contributed by atoms with E-state index in [0.717, 1.165) is 5.56 Å². The van der Waals surface area contributed by atoms with Gasteiger partial charge in [-0.1, -0.05) is 12.1 Å². The first-order chi connectivity index (χ1) is 11.5. The predicted molar refractivity (Wildman–Crippen MR) is 90.4 cm³/mol. The summed E-state index contributed by atoms with van der Waals surface area (Å²) in [7, 11) is 1.45. The molecular formula is C18H19FN2O3. The Morgan fingerprint density at radius 1 is 1.08 bits per heavy atom. The van der Waals surface area contributed by atoms with Gasteiger partial charge in [-0.2, -0.15) is 0 Å². The SMILES string of the molecule is COCC(=O)Nc1ccc(NC(=O)Cc2cccc(F)c2)cc1C. The van der Waals surface area contributed by atoms with Crippen LogP contribution in [0.2, 0.25) is 0 Å². The lowest BCUT2D eigenvalue weighted by molar-refractivity contribution is -0.119. The standard InChI is InChI=1S/C18H19FN2O3/c1-12-8-15(6-7-16(12)21-18(23)11-24-2)20-17(22)10-13-4-3-5-14(19)9-13/h3-9H,10-11H2,1-2H3,(H,20,22)(H,21,23). The number of nitrogens with one attached hydrogen (secondary N) is 2. The number of hydrogen-bond acceptors (Lipinski definition) is 3. The van der Waals surface area contributed by atoms with E-state index in [2.05, 4.69) is 10.6 Å². The summed E-state index contributed by atoms with van der Waals surface area (Å²) in [6.45, 7) is 1.80. The van der Waals surface area contributed by atoms with Gasteiger partial charge in [-0.15, -0.1) is 0 Å². The average molecular weight is 330 g/mol. The predicted octanol–water partition coefficient (Wildman–Crippen LogP) is 2.90. The summed E-state index contributed by atoms with van der Waals surface area (Å²) >= 11 is 0. The number of hydrogen-bond donors (Lipinski definition) is 2. The zero-order chi connectivity index (χ0) is 17.5. The Bertz CT molecular complexity index is 747. The van der Waals surface area contributed by atoms with Crippen molar-refractivity contribution in [2.75, 3.05) is 24.4 Å². The van der Waals surface area contributed by atoms with Gasteiger partial charge < -0.3 is 15.4 Å². The lowest BCUT2D eigenvalue weighted by atomic mass is 10.1. The van der Waals surface area contributed by atoms with Crippen LogP contribution in [0.1, 0.15) is 11.1 Å². The molecule has 0 fully saturated rings. The largest absolute Gasteiger partial charge is 0.375 e. The fraction of sp³-hybridized carbons (Fsp3) is 0.222. The highest BCUT2D eigenvalue weighted by Gasteiger charge is 2.08. The molecule has 0 aromatic heterocycles. The van der Waals surface area contributed by atoms with Crippen molar-refractivity contribution >= 4 is 23.2 Å². The van der Waals surface area contributed by atoms with Crippen LogP contribution in [-0.2, 0) is 20.7 Å². The molecule has 2 aromatic carbocycles. The average Bonchev–Trinajstić information content (AvgIpc) is 2.50. The first-order valence-electron chi connectivity index (χ1n) is 7.41. The number of ether oxygens (including phenoxy) is 1.